The zero-order chi connectivity index (χ0) is 13.3. The molecule has 19 heavy (non-hydrogen) atoms. The van der Waals surface area contributed by atoms with Crippen LogP contribution in [0, 0.1) is 18.3 Å². The van der Waals surface area contributed by atoms with Gasteiger partial charge in [-0.3, -0.25) is 0 Å². The van der Waals surface area contributed by atoms with Crippen LogP contribution in [0.4, 0.5) is 0 Å². The van der Waals surface area contributed by atoms with E-state index in [9.17, 15) is 5.26 Å². The van der Waals surface area contributed by atoms with Crippen LogP contribution in [-0.4, -0.2) is 9.97 Å². The number of nitriles is 1. The van der Waals surface area contributed by atoms with E-state index in [1.165, 1.54) is 5.56 Å². The lowest BCUT2D eigenvalue weighted by Gasteiger charge is -2.33. The van der Waals surface area contributed by atoms with Gasteiger partial charge in [0.05, 0.1) is 11.8 Å². The Morgan fingerprint density at radius 1 is 1.26 bits per heavy atom. The standard InChI is InChI=1S/C16H15N3/c1-12-4-2-5-13(10-12)14-6-9-18-15(19-14)16(11-17)7-3-8-16/h2,4-6,9-10H,3,7-8H2,1H3. The van der Waals surface area contributed by atoms with Gasteiger partial charge in [0.1, 0.15) is 11.2 Å². The lowest BCUT2D eigenvalue weighted by atomic mass is 9.69. The van der Waals surface area contributed by atoms with Gasteiger partial charge in [-0.15, -0.1) is 0 Å². The predicted octanol–water partition coefficient (Wildman–Crippen LogP) is 3.40. The van der Waals surface area contributed by atoms with E-state index in [0.29, 0.717) is 5.82 Å². The second-order valence-electron chi connectivity index (χ2n) is 5.18. The largest absolute Gasteiger partial charge is 0.240 e. The second kappa shape index (κ2) is 4.47. The summed E-state index contributed by atoms with van der Waals surface area (Å²) in [5.74, 6) is 0.681. The molecule has 0 aliphatic heterocycles. The summed E-state index contributed by atoms with van der Waals surface area (Å²) < 4.78 is 0. The molecule has 3 nitrogen and oxygen atoms in total. The third-order valence-electron chi connectivity index (χ3n) is 3.82. The summed E-state index contributed by atoms with van der Waals surface area (Å²) in [6.07, 6.45) is 4.60. The van der Waals surface area contributed by atoms with Gasteiger partial charge in [-0.2, -0.15) is 5.26 Å². The zero-order valence-electron chi connectivity index (χ0n) is 10.9. The molecule has 0 N–H and O–H groups in total. The van der Waals surface area contributed by atoms with Crippen LogP contribution in [0.25, 0.3) is 11.3 Å². The van der Waals surface area contributed by atoms with Gasteiger partial charge in [0.2, 0.25) is 0 Å². The van der Waals surface area contributed by atoms with Crippen LogP contribution in [0.1, 0.15) is 30.7 Å². The van der Waals surface area contributed by atoms with Gasteiger partial charge < -0.3 is 0 Å². The van der Waals surface area contributed by atoms with Crippen LogP contribution in [0.3, 0.4) is 0 Å². The number of benzene rings is 1. The van der Waals surface area contributed by atoms with Crippen LogP contribution < -0.4 is 0 Å². The summed E-state index contributed by atoms with van der Waals surface area (Å²) >= 11 is 0. The summed E-state index contributed by atoms with van der Waals surface area (Å²) in [4.78, 5) is 8.93. The monoisotopic (exact) mass is 249 g/mol. The molecule has 1 heterocycles. The number of aryl methyl sites for hydroxylation is 1. The summed E-state index contributed by atoms with van der Waals surface area (Å²) in [5.41, 5.74) is 2.74. The molecule has 1 fully saturated rings. The average Bonchev–Trinajstić information content (AvgIpc) is 2.39. The third-order valence-corrected chi connectivity index (χ3v) is 3.82. The molecule has 3 rings (SSSR count). The smallest absolute Gasteiger partial charge is 0.149 e. The SMILES string of the molecule is Cc1cccc(-c2ccnc(C3(C#N)CCC3)n2)c1. The molecule has 3 heteroatoms. The van der Waals surface area contributed by atoms with Gasteiger partial charge in [-0.1, -0.05) is 23.8 Å². The first kappa shape index (κ1) is 11.9. The fourth-order valence-electron chi connectivity index (χ4n) is 2.47. The zero-order valence-corrected chi connectivity index (χ0v) is 10.9. The molecule has 0 radical (unpaired) electrons. The highest BCUT2D eigenvalue weighted by Gasteiger charge is 2.41. The maximum atomic E-state index is 9.37. The summed E-state index contributed by atoms with van der Waals surface area (Å²) in [6, 6.07) is 12.5. The molecule has 1 aliphatic carbocycles. The summed E-state index contributed by atoms with van der Waals surface area (Å²) in [5, 5.41) is 9.37. The molecule has 2 aromatic rings. The Morgan fingerprint density at radius 3 is 2.74 bits per heavy atom. The van der Waals surface area contributed by atoms with Gasteiger partial charge >= 0.3 is 0 Å². The molecule has 1 aliphatic rings. The number of nitrogens with zero attached hydrogens (tertiary/aromatic N) is 3. The van der Waals surface area contributed by atoms with Crippen molar-refractivity contribution in [2.24, 2.45) is 0 Å². The van der Waals surface area contributed by atoms with Crippen molar-refractivity contribution in [2.75, 3.05) is 0 Å². The van der Waals surface area contributed by atoms with Gasteiger partial charge in [0.15, 0.2) is 0 Å². The molecule has 0 bridgehead atoms. The number of hydrogen-bond acceptors (Lipinski definition) is 3. The normalized spacial score (nSPS) is 16.4. The quantitative estimate of drug-likeness (QED) is 0.819. The molecule has 0 saturated heterocycles. The van der Waals surface area contributed by atoms with Crippen molar-refractivity contribution < 1.29 is 0 Å². The van der Waals surface area contributed by atoms with Crippen LogP contribution in [0.15, 0.2) is 36.5 Å². The average molecular weight is 249 g/mol. The van der Waals surface area contributed by atoms with E-state index in [4.69, 9.17) is 0 Å². The summed E-state index contributed by atoms with van der Waals surface area (Å²) in [7, 11) is 0. The van der Waals surface area contributed by atoms with E-state index >= 15 is 0 Å². The van der Waals surface area contributed by atoms with Crippen molar-refractivity contribution in [2.45, 2.75) is 31.6 Å². The Bertz CT molecular complexity index is 651. The lowest BCUT2D eigenvalue weighted by molar-refractivity contribution is 0.307. The van der Waals surface area contributed by atoms with E-state index in [-0.39, 0.29) is 0 Å². The van der Waals surface area contributed by atoms with Crippen molar-refractivity contribution >= 4 is 0 Å². The molecule has 1 aromatic heterocycles. The third kappa shape index (κ3) is 2.00. The Labute approximate surface area is 113 Å². The van der Waals surface area contributed by atoms with E-state index in [1.54, 1.807) is 6.20 Å². The maximum Gasteiger partial charge on any atom is 0.149 e. The van der Waals surface area contributed by atoms with Gasteiger partial charge in [0.25, 0.3) is 0 Å². The first-order chi connectivity index (χ1) is 9.23. The minimum absolute atomic E-state index is 0.445. The van der Waals surface area contributed by atoms with Crippen LogP contribution in [0.2, 0.25) is 0 Å². The van der Waals surface area contributed by atoms with Crippen molar-refractivity contribution in [3.8, 4) is 17.3 Å². The topological polar surface area (TPSA) is 49.6 Å². The highest BCUT2D eigenvalue weighted by molar-refractivity contribution is 5.59. The van der Waals surface area contributed by atoms with E-state index in [2.05, 4.69) is 35.1 Å². The number of aromatic nitrogens is 2. The van der Waals surface area contributed by atoms with Crippen molar-refractivity contribution in [1.29, 1.82) is 5.26 Å². The molecule has 94 valence electrons. The van der Waals surface area contributed by atoms with Crippen LogP contribution in [0.5, 0.6) is 0 Å². The molecule has 0 amide bonds. The molecule has 1 saturated carbocycles. The minimum Gasteiger partial charge on any atom is -0.240 e. The highest BCUT2D eigenvalue weighted by Crippen LogP contribution is 2.41. The fraction of sp³-hybridized carbons (Fsp3) is 0.312. The molecular weight excluding hydrogens is 234 g/mol. The Hall–Kier alpha value is -2.21. The molecule has 0 spiro atoms. The van der Waals surface area contributed by atoms with Crippen LogP contribution in [-0.2, 0) is 5.41 Å². The molecular formula is C16H15N3. The van der Waals surface area contributed by atoms with Gasteiger partial charge in [0, 0.05) is 11.8 Å². The van der Waals surface area contributed by atoms with Gasteiger partial charge in [-0.25, -0.2) is 9.97 Å². The second-order valence-corrected chi connectivity index (χ2v) is 5.18. The van der Waals surface area contributed by atoms with Gasteiger partial charge in [-0.05, 0) is 38.3 Å². The fourth-order valence-corrected chi connectivity index (χ4v) is 2.47. The van der Waals surface area contributed by atoms with E-state index in [1.807, 2.05) is 18.2 Å². The number of hydrogen-bond donors (Lipinski definition) is 0. The Balaban J connectivity index is 2.04. The first-order valence-electron chi connectivity index (χ1n) is 6.55. The molecule has 1 aromatic carbocycles. The maximum absolute atomic E-state index is 9.37. The first-order valence-corrected chi connectivity index (χ1v) is 6.55. The van der Waals surface area contributed by atoms with Crippen molar-refractivity contribution in [3.05, 3.63) is 47.9 Å². The number of rotatable bonds is 2. The Kier molecular flexibility index (Phi) is 2.79. The van der Waals surface area contributed by atoms with E-state index < -0.39 is 5.41 Å². The van der Waals surface area contributed by atoms with Crippen molar-refractivity contribution in [3.63, 3.8) is 0 Å². The predicted molar refractivity (Wildman–Crippen MR) is 73.3 cm³/mol. The van der Waals surface area contributed by atoms with Crippen LogP contribution >= 0.6 is 0 Å². The van der Waals surface area contributed by atoms with Crippen molar-refractivity contribution in [1.82, 2.24) is 9.97 Å². The van der Waals surface area contributed by atoms with E-state index in [0.717, 1.165) is 30.5 Å². The minimum atomic E-state index is -0.445. The lowest BCUT2D eigenvalue weighted by Crippen LogP contribution is -2.34. The molecule has 0 unspecified atom stereocenters. The molecule has 0 atom stereocenters. The summed E-state index contributed by atoms with van der Waals surface area (Å²) in [6.45, 7) is 2.06. The highest BCUT2D eigenvalue weighted by atomic mass is 14.9. The Morgan fingerprint density at radius 2 is 2.11 bits per heavy atom.